The molecular formula is C15H12FNO3. The van der Waals surface area contributed by atoms with Gasteiger partial charge < -0.3 is 9.84 Å². The van der Waals surface area contributed by atoms with Crippen LogP contribution < -0.4 is 0 Å². The molecule has 102 valence electrons. The molecule has 0 amide bonds. The van der Waals surface area contributed by atoms with Crippen molar-refractivity contribution in [3.05, 3.63) is 53.1 Å². The number of aliphatic hydroxyl groups excluding tert-OH is 1. The number of halogens is 1. The molecule has 5 heteroatoms. The Bertz CT molecular complexity index is 698. The Hall–Kier alpha value is -2.27. The number of hydrogen-bond donors (Lipinski definition) is 1. The van der Waals surface area contributed by atoms with E-state index in [-0.39, 0.29) is 18.1 Å². The minimum Gasteiger partial charge on any atom is -0.457 e. The van der Waals surface area contributed by atoms with Crippen LogP contribution in [0.4, 0.5) is 4.39 Å². The number of aromatic nitrogens is 1. The standard InChI is InChI=1S/C15H12FNO3/c1-8(18)14-12(5-17-6-13(14)16)9-2-3-11-10(4-9)7-20-15(11)19/h2-6,8,18H,7H2,1H3/t8-/m0/s1. The SMILES string of the molecule is C[C@H](O)c1c(F)cncc1-c1ccc2c(c1)COC2=O. The van der Waals surface area contributed by atoms with E-state index in [4.69, 9.17) is 4.74 Å². The summed E-state index contributed by atoms with van der Waals surface area (Å²) in [6.07, 6.45) is 1.63. The van der Waals surface area contributed by atoms with E-state index in [9.17, 15) is 14.3 Å². The summed E-state index contributed by atoms with van der Waals surface area (Å²) in [5, 5.41) is 9.74. The van der Waals surface area contributed by atoms with Gasteiger partial charge in [0.05, 0.1) is 17.9 Å². The van der Waals surface area contributed by atoms with Crippen molar-refractivity contribution >= 4 is 5.97 Å². The van der Waals surface area contributed by atoms with Gasteiger partial charge in [0.15, 0.2) is 0 Å². The Morgan fingerprint density at radius 2 is 2.15 bits per heavy atom. The van der Waals surface area contributed by atoms with Crippen LogP contribution in [0.1, 0.15) is 34.5 Å². The topological polar surface area (TPSA) is 59.4 Å². The number of carbonyl (C=O) groups excluding carboxylic acids is 1. The minimum atomic E-state index is -0.945. The molecule has 0 saturated heterocycles. The van der Waals surface area contributed by atoms with E-state index in [1.165, 1.54) is 13.1 Å². The van der Waals surface area contributed by atoms with Crippen LogP contribution in [0.15, 0.2) is 30.6 Å². The molecule has 0 spiro atoms. The molecule has 1 aliphatic heterocycles. The van der Waals surface area contributed by atoms with Gasteiger partial charge in [-0.3, -0.25) is 4.98 Å². The second-order valence-electron chi connectivity index (χ2n) is 4.71. The van der Waals surface area contributed by atoms with E-state index < -0.39 is 11.9 Å². The van der Waals surface area contributed by atoms with E-state index >= 15 is 0 Å². The van der Waals surface area contributed by atoms with Crippen LogP contribution in [0.3, 0.4) is 0 Å². The second kappa shape index (κ2) is 4.68. The first-order valence-corrected chi connectivity index (χ1v) is 6.20. The lowest BCUT2D eigenvalue weighted by Gasteiger charge is -2.13. The largest absolute Gasteiger partial charge is 0.457 e. The zero-order valence-electron chi connectivity index (χ0n) is 10.8. The number of fused-ring (bicyclic) bond motifs is 1. The summed E-state index contributed by atoms with van der Waals surface area (Å²) < 4.78 is 18.8. The number of nitrogens with zero attached hydrogens (tertiary/aromatic N) is 1. The number of carbonyl (C=O) groups is 1. The average Bonchev–Trinajstić information content (AvgIpc) is 2.79. The van der Waals surface area contributed by atoms with Crippen LogP contribution in [0.25, 0.3) is 11.1 Å². The summed E-state index contributed by atoms with van der Waals surface area (Å²) in [7, 11) is 0. The van der Waals surface area contributed by atoms with Crippen LogP contribution in [-0.2, 0) is 11.3 Å². The summed E-state index contributed by atoms with van der Waals surface area (Å²) in [4.78, 5) is 15.2. The highest BCUT2D eigenvalue weighted by molar-refractivity contribution is 5.94. The molecule has 2 heterocycles. The van der Waals surface area contributed by atoms with Gasteiger partial charge in [-0.15, -0.1) is 0 Å². The minimum absolute atomic E-state index is 0.199. The van der Waals surface area contributed by atoms with Gasteiger partial charge in [0.1, 0.15) is 12.4 Å². The predicted molar refractivity (Wildman–Crippen MR) is 69.4 cm³/mol. The maximum absolute atomic E-state index is 13.8. The summed E-state index contributed by atoms with van der Waals surface area (Å²) in [5.41, 5.74) is 2.70. The molecule has 1 aromatic carbocycles. The molecular weight excluding hydrogens is 261 g/mol. The number of cyclic esters (lactones) is 1. The predicted octanol–water partition coefficient (Wildman–Crippen LogP) is 2.61. The Balaban J connectivity index is 2.15. The zero-order chi connectivity index (χ0) is 14.3. The monoisotopic (exact) mass is 273 g/mol. The summed E-state index contributed by atoms with van der Waals surface area (Å²) in [6, 6.07) is 5.12. The van der Waals surface area contributed by atoms with Gasteiger partial charge in [-0.1, -0.05) is 6.07 Å². The van der Waals surface area contributed by atoms with E-state index in [0.29, 0.717) is 16.7 Å². The molecule has 1 aromatic heterocycles. The third-order valence-electron chi connectivity index (χ3n) is 3.35. The van der Waals surface area contributed by atoms with Gasteiger partial charge in [-0.25, -0.2) is 9.18 Å². The summed E-state index contributed by atoms with van der Waals surface area (Å²) in [5.74, 6) is -0.898. The lowest BCUT2D eigenvalue weighted by molar-refractivity contribution is 0.0535. The van der Waals surface area contributed by atoms with Gasteiger partial charge in [0.25, 0.3) is 0 Å². The van der Waals surface area contributed by atoms with Crippen molar-refractivity contribution in [2.75, 3.05) is 0 Å². The Morgan fingerprint density at radius 3 is 2.90 bits per heavy atom. The smallest absolute Gasteiger partial charge is 0.338 e. The fraction of sp³-hybridized carbons (Fsp3) is 0.200. The quantitative estimate of drug-likeness (QED) is 0.854. The third-order valence-corrected chi connectivity index (χ3v) is 3.35. The molecule has 2 aromatic rings. The number of pyridine rings is 1. The van der Waals surface area contributed by atoms with Crippen LogP contribution in [0.2, 0.25) is 0 Å². The Morgan fingerprint density at radius 1 is 1.35 bits per heavy atom. The number of hydrogen-bond acceptors (Lipinski definition) is 4. The van der Waals surface area contributed by atoms with Crippen molar-refractivity contribution in [1.82, 2.24) is 4.98 Å². The lowest BCUT2D eigenvalue weighted by Crippen LogP contribution is -2.01. The fourth-order valence-electron chi connectivity index (χ4n) is 2.40. The number of rotatable bonds is 2. The van der Waals surface area contributed by atoms with Crippen LogP contribution in [0.5, 0.6) is 0 Å². The summed E-state index contributed by atoms with van der Waals surface area (Å²) >= 11 is 0. The van der Waals surface area contributed by atoms with Crippen molar-refractivity contribution in [2.24, 2.45) is 0 Å². The number of aliphatic hydroxyl groups is 1. The van der Waals surface area contributed by atoms with Gasteiger partial charge in [-0.05, 0) is 24.6 Å². The molecule has 1 aliphatic rings. The van der Waals surface area contributed by atoms with Gasteiger partial charge in [-0.2, -0.15) is 0 Å². The third kappa shape index (κ3) is 1.96. The highest BCUT2D eigenvalue weighted by atomic mass is 19.1. The van der Waals surface area contributed by atoms with E-state index in [2.05, 4.69) is 4.98 Å². The van der Waals surface area contributed by atoms with Crippen LogP contribution >= 0.6 is 0 Å². The molecule has 0 aliphatic carbocycles. The Labute approximate surface area is 114 Å². The van der Waals surface area contributed by atoms with E-state index in [0.717, 1.165) is 11.8 Å². The van der Waals surface area contributed by atoms with Crippen molar-refractivity contribution in [3.8, 4) is 11.1 Å². The molecule has 0 bridgehead atoms. The Kier molecular flexibility index (Phi) is 2.99. The highest BCUT2D eigenvalue weighted by Gasteiger charge is 2.22. The van der Waals surface area contributed by atoms with Crippen LogP contribution in [-0.4, -0.2) is 16.1 Å². The van der Waals surface area contributed by atoms with Crippen molar-refractivity contribution in [3.63, 3.8) is 0 Å². The molecule has 0 fully saturated rings. The van der Waals surface area contributed by atoms with Crippen LogP contribution in [0, 0.1) is 5.82 Å². The zero-order valence-corrected chi connectivity index (χ0v) is 10.8. The first kappa shape index (κ1) is 12.7. The lowest BCUT2D eigenvalue weighted by atomic mass is 9.96. The van der Waals surface area contributed by atoms with E-state index in [1.807, 2.05) is 0 Å². The normalized spacial score (nSPS) is 14.8. The first-order valence-electron chi connectivity index (χ1n) is 6.20. The molecule has 0 radical (unpaired) electrons. The number of ether oxygens (including phenoxy) is 1. The van der Waals surface area contributed by atoms with Gasteiger partial charge in [0, 0.05) is 22.9 Å². The van der Waals surface area contributed by atoms with E-state index in [1.54, 1.807) is 18.2 Å². The molecule has 1 atom stereocenters. The maximum atomic E-state index is 13.8. The second-order valence-corrected chi connectivity index (χ2v) is 4.71. The fourth-order valence-corrected chi connectivity index (χ4v) is 2.40. The first-order chi connectivity index (χ1) is 9.58. The molecule has 0 unspecified atom stereocenters. The average molecular weight is 273 g/mol. The molecule has 1 N–H and O–H groups in total. The summed E-state index contributed by atoms with van der Waals surface area (Å²) in [6.45, 7) is 1.72. The maximum Gasteiger partial charge on any atom is 0.338 e. The van der Waals surface area contributed by atoms with Crippen molar-refractivity contribution < 1.29 is 19.0 Å². The molecule has 4 nitrogen and oxygen atoms in total. The van der Waals surface area contributed by atoms with Gasteiger partial charge >= 0.3 is 5.97 Å². The molecule has 20 heavy (non-hydrogen) atoms. The molecule has 3 rings (SSSR count). The molecule has 0 saturated carbocycles. The van der Waals surface area contributed by atoms with Crippen molar-refractivity contribution in [1.29, 1.82) is 0 Å². The van der Waals surface area contributed by atoms with Gasteiger partial charge in [0.2, 0.25) is 0 Å². The number of benzene rings is 1. The van der Waals surface area contributed by atoms with Crippen molar-refractivity contribution in [2.45, 2.75) is 19.6 Å². The highest BCUT2D eigenvalue weighted by Crippen LogP contribution is 2.32. The number of esters is 1.